The fraction of sp³-hybridized carbons (Fsp3) is 0.450. The van der Waals surface area contributed by atoms with E-state index in [-0.39, 0.29) is 12.0 Å². The van der Waals surface area contributed by atoms with Crippen LogP contribution in [0.4, 0.5) is 11.6 Å². The summed E-state index contributed by atoms with van der Waals surface area (Å²) < 4.78 is 5.60. The minimum Gasteiger partial charge on any atom is -0.376 e. The summed E-state index contributed by atoms with van der Waals surface area (Å²) in [4.78, 5) is 16.6. The first-order valence-electron chi connectivity index (χ1n) is 9.68. The van der Waals surface area contributed by atoms with Gasteiger partial charge in [-0.2, -0.15) is 0 Å². The fourth-order valence-electron chi connectivity index (χ4n) is 3.56. The average Bonchev–Trinajstić information content (AvgIpc) is 3.26. The molecule has 1 N–H and O–H groups in total. The zero-order valence-corrected chi connectivity index (χ0v) is 16.4. The molecular weight excluding hydrogens is 378 g/mol. The number of nitrogens with one attached hydrogen (secondary N) is 1. The topological polar surface area (TPSA) is 70.6 Å². The number of anilines is 2. The summed E-state index contributed by atoms with van der Waals surface area (Å²) in [5.41, 5.74) is 0.555. The largest absolute Gasteiger partial charge is 0.376 e. The van der Waals surface area contributed by atoms with Gasteiger partial charge < -0.3 is 19.9 Å². The molecule has 0 spiro atoms. The molecule has 4 rings (SSSR count). The summed E-state index contributed by atoms with van der Waals surface area (Å²) in [6, 6.07) is 11.1. The standard InChI is InChI=1S/C20H24ClN5O2/c21-17-6-2-1-5-16(17)20(27)26-11-9-25(10-12-26)19-8-7-18(23-24-19)22-14-15-4-3-13-28-15/h1-2,5-8,15H,3-4,9-14H2,(H,22,23). The monoisotopic (exact) mass is 401 g/mol. The van der Waals surface area contributed by atoms with E-state index in [2.05, 4.69) is 20.4 Å². The third-order valence-electron chi connectivity index (χ3n) is 5.18. The molecule has 1 unspecified atom stereocenters. The molecule has 0 bridgehead atoms. The lowest BCUT2D eigenvalue weighted by atomic mass is 10.2. The van der Waals surface area contributed by atoms with Gasteiger partial charge >= 0.3 is 0 Å². The number of ether oxygens (including phenoxy) is 1. The molecule has 1 aromatic carbocycles. The maximum atomic E-state index is 12.7. The van der Waals surface area contributed by atoms with Crippen molar-refractivity contribution in [3.05, 3.63) is 47.0 Å². The Hall–Kier alpha value is -2.38. The van der Waals surface area contributed by atoms with E-state index in [1.807, 2.05) is 29.2 Å². The van der Waals surface area contributed by atoms with E-state index in [9.17, 15) is 4.79 Å². The van der Waals surface area contributed by atoms with Gasteiger partial charge in [0, 0.05) is 39.3 Å². The SMILES string of the molecule is O=C(c1ccccc1Cl)N1CCN(c2ccc(NCC3CCCO3)nn2)CC1. The van der Waals surface area contributed by atoms with E-state index in [1.165, 1.54) is 0 Å². The molecule has 0 radical (unpaired) electrons. The summed E-state index contributed by atoms with van der Waals surface area (Å²) in [6.45, 7) is 4.30. The second kappa shape index (κ2) is 8.75. The van der Waals surface area contributed by atoms with E-state index < -0.39 is 0 Å². The number of piperazine rings is 1. The minimum atomic E-state index is -0.0231. The lowest BCUT2D eigenvalue weighted by Crippen LogP contribution is -2.49. The van der Waals surface area contributed by atoms with Crippen molar-refractivity contribution in [3.63, 3.8) is 0 Å². The average molecular weight is 402 g/mol. The highest BCUT2D eigenvalue weighted by atomic mass is 35.5. The van der Waals surface area contributed by atoms with Crippen molar-refractivity contribution in [2.45, 2.75) is 18.9 Å². The smallest absolute Gasteiger partial charge is 0.255 e. The van der Waals surface area contributed by atoms with Gasteiger partial charge in [0.1, 0.15) is 5.82 Å². The summed E-state index contributed by atoms with van der Waals surface area (Å²) >= 11 is 6.15. The number of halogens is 1. The van der Waals surface area contributed by atoms with Crippen LogP contribution >= 0.6 is 11.6 Å². The Morgan fingerprint density at radius 1 is 1.14 bits per heavy atom. The number of carbonyl (C=O) groups excluding carboxylic acids is 1. The van der Waals surface area contributed by atoms with Crippen molar-refractivity contribution < 1.29 is 9.53 Å². The molecule has 3 heterocycles. The number of nitrogens with zero attached hydrogens (tertiary/aromatic N) is 4. The van der Waals surface area contributed by atoms with Crippen LogP contribution in [-0.2, 0) is 4.74 Å². The number of amides is 1. The summed E-state index contributed by atoms with van der Waals surface area (Å²) in [5.74, 6) is 1.56. The summed E-state index contributed by atoms with van der Waals surface area (Å²) in [7, 11) is 0. The van der Waals surface area contributed by atoms with Crippen LogP contribution in [0.2, 0.25) is 5.02 Å². The van der Waals surface area contributed by atoms with Crippen LogP contribution < -0.4 is 10.2 Å². The van der Waals surface area contributed by atoms with Gasteiger partial charge in [-0.3, -0.25) is 4.79 Å². The van der Waals surface area contributed by atoms with Crippen LogP contribution in [0.5, 0.6) is 0 Å². The normalized spacial score (nSPS) is 19.7. The summed E-state index contributed by atoms with van der Waals surface area (Å²) in [6.07, 6.45) is 2.49. The van der Waals surface area contributed by atoms with Gasteiger partial charge in [0.25, 0.3) is 5.91 Å². The maximum Gasteiger partial charge on any atom is 0.255 e. The molecule has 0 aliphatic carbocycles. The number of aromatic nitrogens is 2. The Morgan fingerprint density at radius 2 is 1.96 bits per heavy atom. The van der Waals surface area contributed by atoms with Gasteiger partial charge in [0.05, 0.1) is 16.7 Å². The van der Waals surface area contributed by atoms with Gasteiger partial charge in [-0.15, -0.1) is 10.2 Å². The molecule has 0 saturated carbocycles. The first kappa shape index (κ1) is 19.0. The number of hydrogen-bond acceptors (Lipinski definition) is 6. The Labute approximate surface area is 169 Å². The molecule has 1 amide bonds. The van der Waals surface area contributed by atoms with E-state index in [0.717, 1.165) is 37.6 Å². The van der Waals surface area contributed by atoms with Crippen LogP contribution in [0.25, 0.3) is 0 Å². The van der Waals surface area contributed by atoms with Crippen molar-refractivity contribution in [3.8, 4) is 0 Å². The van der Waals surface area contributed by atoms with Gasteiger partial charge in [0.2, 0.25) is 0 Å². The van der Waals surface area contributed by atoms with Crippen molar-refractivity contribution >= 4 is 29.1 Å². The third-order valence-corrected chi connectivity index (χ3v) is 5.51. The van der Waals surface area contributed by atoms with Crippen LogP contribution in [-0.4, -0.2) is 66.4 Å². The Bertz CT molecular complexity index is 802. The molecule has 2 fully saturated rings. The zero-order chi connectivity index (χ0) is 19.3. The molecule has 8 heteroatoms. The van der Waals surface area contributed by atoms with E-state index in [1.54, 1.807) is 12.1 Å². The second-order valence-corrected chi connectivity index (χ2v) is 7.46. The number of hydrogen-bond donors (Lipinski definition) is 1. The van der Waals surface area contributed by atoms with Crippen LogP contribution in [0.3, 0.4) is 0 Å². The molecule has 2 saturated heterocycles. The Morgan fingerprint density at radius 3 is 2.64 bits per heavy atom. The van der Waals surface area contributed by atoms with Crippen LogP contribution in [0.15, 0.2) is 36.4 Å². The Balaban J connectivity index is 1.29. The molecule has 148 valence electrons. The minimum absolute atomic E-state index is 0.0231. The van der Waals surface area contributed by atoms with Crippen molar-refractivity contribution in [2.24, 2.45) is 0 Å². The molecule has 2 aromatic rings. The zero-order valence-electron chi connectivity index (χ0n) is 15.7. The highest BCUT2D eigenvalue weighted by molar-refractivity contribution is 6.33. The van der Waals surface area contributed by atoms with Crippen molar-refractivity contribution in [1.29, 1.82) is 0 Å². The summed E-state index contributed by atoms with van der Waals surface area (Å²) in [5, 5.41) is 12.4. The Kier molecular flexibility index (Phi) is 5.92. The van der Waals surface area contributed by atoms with E-state index in [0.29, 0.717) is 36.8 Å². The van der Waals surface area contributed by atoms with Crippen molar-refractivity contribution in [2.75, 3.05) is 49.5 Å². The van der Waals surface area contributed by atoms with E-state index in [4.69, 9.17) is 16.3 Å². The van der Waals surface area contributed by atoms with Gasteiger partial charge in [-0.05, 0) is 37.1 Å². The van der Waals surface area contributed by atoms with Gasteiger partial charge in [0.15, 0.2) is 5.82 Å². The molecule has 28 heavy (non-hydrogen) atoms. The highest BCUT2D eigenvalue weighted by Gasteiger charge is 2.24. The fourth-order valence-corrected chi connectivity index (χ4v) is 3.77. The lowest BCUT2D eigenvalue weighted by molar-refractivity contribution is 0.0746. The third kappa shape index (κ3) is 4.36. The quantitative estimate of drug-likeness (QED) is 0.830. The number of rotatable bonds is 5. The van der Waals surface area contributed by atoms with Crippen molar-refractivity contribution in [1.82, 2.24) is 15.1 Å². The number of benzene rings is 1. The van der Waals surface area contributed by atoms with Gasteiger partial charge in [-0.1, -0.05) is 23.7 Å². The predicted octanol–water partition coefficient (Wildman–Crippen LogP) is 2.68. The lowest BCUT2D eigenvalue weighted by Gasteiger charge is -2.35. The first-order valence-corrected chi connectivity index (χ1v) is 10.1. The van der Waals surface area contributed by atoms with Crippen LogP contribution in [0, 0.1) is 0 Å². The molecule has 2 aliphatic rings. The molecule has 7 nitrogen and oxygen atoms in total. The molecule has 2 aliphatic heterocycles. The molecule has 1 aromatic heterocycles. The number of carbonyl (C=O) groups is 1. The molecular formula is C20H24ClN5O2. The highest BCUT2D eigenvalue weighted by Crippen LogP contribution is 2.20. The second-order valence-electron chi connectivity index (χ2n) is 7.05. The predicted molar refractivity (Wildman–Crippen MR) is 109 cm³/mol. The van der Waals surface area contributed by atoms with E-state index >= 15 is 0 Å². The van der Waals surface area contributed by atoms with Gasteiger partial charge in [-0.25, -0.2) is 0 Å². The first-order chi connectivity index (χ1) is 13.7. The van der Waals surface area contributed by atoms with Crippen LogP contribution in [0.1, 0.15) is 23.2 Å². The maximum absolute atomic E-state index is 12.7. The molecule has 1 atom stereocenters.